The van der Waals surface area contributed by atoms with E-state index in [4.69, 9.17) is 18.3 Å². The van der Waals surface area contributed by atoms with E-state index in [1.807, 2.05) is 0 Å². The second-order valence-electron chi connectivity index (χ2n) is 7.42. The molecule has 4 nitrogen and oxygen atoms in total. The lowest BCUT2D eigenvalue weighted by Gasteiger charge is -2.31. The minimum absolute atomic E-state index is 0.111. The highest BCUT2D eigenvalue weighted by Gasteiger charge is 2.26. The summed E-state index contributed by atoms with van der Waals surface area (Å²) in [5.74, 6) is 0.111. The fourth-order valence-electron chi connectivity index (χ4n) is 1.82. The summed E-state index contributed by atoms with van der Waals surface area (Å²) in [7, 11) is -3.39. The van der Waals surface area contributed by atoms with E-state index in [0.717, 1.165) is 26.2 Å². The van der Waals surface area contributed by atoms with Gasteiger partial charge in [-0.05, 0) is 45.7 Å². The molecule has 0 aliphatic carbocycles. The Labute approximate surface area is 128 Å². The van der Waals surface area contributed by atoms with Gasteiger partial charge in [0.2, 0.25) is 0 Å². The normalized spacial score (nSPS) is 20.2. The van der Waals surface area contributed by atoms with Gasteiger partial charge in [-0.2, -0.15) is 0 Å². The van der Waals surface area contributed by atoms with E-state index in [1.54, 1.807) is 0 Å². The summed E-state index contributed by atoms with van der Waals surface area (Å²) in [6.07, 6.45) is 1.50. The average Bonchev–Trinajstić information content (AvgIpc) is 3.01. The van der Waals surface area contributed by atoms with Gasteiger partial charge in [-0.15, -0.1) is 0 Å². The Balaban J connectivity index is 2.17. The monoisotopic (exact) mass is 336 g/mol. The number of rotatable bonds is 11. The largest absolute Gasteiger partial charge is 0.398 e. The summed E-state index contributed by atoms with van der Waals surface area (Å²) >= 11 is 0. The molecule has 0 amide bonds. The van der Waals surface area contributed by atoms with Crippen LogP contribution in [0, 0.1) is 0 Å². The highest BCUT2D eigenvalue weighted by molar-refractivity contribution is 6.71. The molecule has 1 aliphatic heterocycles. The lowest BCUT2D eigenvalue weighted by atomic mass is 10.5. The van der Waals surface area contributed by atoms with Gasteiger partial charge in [0.15, 0.2) is 16.6 Å². The van der Waals surface area contributed by atoms with E-state index < -0.39 is 16.6 Å². The summed E-state index contributed by atoms with van der Waals surface area (Å²) in [6.45, 7) is 15.9. The zero-order chi connectivity index (χ0) is 15.2. The van der Waals surface area contributed by atoms with E-state index in [0.29, 0.717) is 6.10 Å². The molecule has 0 bridgehead atoms. The highest BCUT2D eigenvalue weighted by atomic mass is 28.4. The van der Waals surface area contributed by atoms with Gasteiger partial charge in [-0.3, -0.25) is 0 Å². The fourth-order valence-corrected chi connectivity index (χ4v) is 8.36. The Morgan fingerprint density at radius 3 is 2.10 bits per heavy atom. The molecule has 7 heteroatoms. The third-order valence-corrected chi connectivity index (χ3v) is 6.97. The maximum Gasteiger partial charge on any atom is 0.186 e. The molecule has 0 aromatic rings. The van der Waals surface area contributed by atoms with Crippen molar-refractivity contribution in [3.8, 4) is 0 Å². The second kappa shape index (κ2) is 8.21. The van der Waals surface area contributed by atoms with E-state index in [-0.39, 0.29) is 15.4 Å². The Bertz CT molecular complexity index is 256. The Kier molecular flexibility index (Phi) is 7.61. The first-order valence-electron chi connectivity index (χ1n) is 7.71. The zero-order valence-corrected chi connectivity index (χ0v) is 17.4. The van der Waals surface area contributed by atoms with Crippen molar-refractivity contribution >= 4 is 26.2 Å². The molecular weight excluding hydrogens is 304 g/mol. The van der Waals surface area contributed by atoms with Crippen molar-refractivity contribution in [1.29, 1.82) is 0 Å². The molecule has 0 aromatic carbocycles. The zero-order valence-electron chi connectivity index (χ0n) is 14.0. The van der Waals surface area contributed by atoms with Crippen LogP contribution in [0.25, 0.3) is 0 Å². The minimum Gasteiger partial charge on any atom is -0.398 e. The molecule has 0 saturated carbocycles. The van der Waals surface area contributed by atoms with Gasteiger partial charge in [0.25, 0.3) is 0 Å². The van der Waals surface area contributed by atoms with Crippen molar-refractivity contribution in [3.05, 3.63) is 0 Å². The predicted octanol–water partition coefficient (Wildman–Crippen LogP) is 2.37. The van der Waals surface area contributed by atoms with Gasteiger partial charge in [0.1, 0.15) is 12.0 Å². The maximum absolute atomic E-state index is 6.22. The molecule has 1 aliphatic rings. The van der Waals surface area contributed by atoms with Gasteiger partial charge in [0.05, 0.1) is 22.7 Å². The van der Waals surface area contributed by atoms with Crippen LogP contribution in [-0.4, -0.2) is 58.0 Å². The van der Waals surface area contributed by atoms with Gasteiger partial charge >= 0.3 is 0 Å². The molecule has 0 spiro atoms. The van der Waals surface area contributed by atoms with Crippen LogP contribution in [0.3, 0.4) is 0 Å². The van der Waals surface area contributed by atoms with Crippen LogP contribution in [0.4, 0.5) is 0 Å². The van der Waals surface area contributed by atoms with E-state index in [1.165, 1.54) is 6.04 Å². The minimum atomic E-state index is -1.52. The summed E-state index contributed by atoms with van der Waals surface area (Å²) in [6, 6.07) is 1.23. The van der Waals surface area contributed by atoms with Crippen LogP contribution in [0.15, 0.2) is 0 Å². The van der Waals surface area contributed by atoms with Crippen LogP contribution in [0.5, 0.6) is 0 Å². The van der Waals surface area contributed by atoms with Crippen molar-refractivity contribution in [1.82, 2.24) is 0 Å². The van der Waals surface area contributed by atoms with Crippen LogP contribution in [-0.2, 0) is 18.3 Å². The quantitative estimate of drug-likeness (QED) is 0.251. The molecule has 1 saturated heterocycles. The molecule has 120 valence electrons. The molecular formula is C13H32O4Si3. The first-order chi connectivity index (χ1) is 9.16. The van der Waals surface area contributed by atoms with Crippen molar-refractivity contribution in [2.24, 2.45) is 0 Å². The molecule has 20 heavy (non-hydrogen) atoms. The van der Waals surface area contributed by atoms with Crippen molar-refractivity contribution < 1.29 is 18.3 Å². The van der Waals surface area contributed by atoms with Gasteiger partial charge in [0, 0.05) is 6.61 Å². The topological polar surface area (TPSA) is 40.2 Å². The van der Waals surface area contributed by atoms with Gasteiger partial charge in [-0.25, -0.2) is 0 Å². The molecule has 1 rings (SSSR count). The standard InChI is InChI=1S/C13H32O4Si3/c1-19(2,3)16-13(17-20(4,5)6)18-9-7-8-14-10-12-11-15-12/h12-13H,7-11,18H2,1-6H3/t12-/m0/s1. The first-order valence-corrected chi connectivity index (χ1v) is 16.3. The predicted molar refractivity (Wildman–Crippen MR) is 91.2 cm³/mol. The van der Waals surface area contributed by atoms with Crippen molar-refractivity contribution in [3.63, 3.8) is 0 Å². The number of epoxide rings is 1. The summed E-state index contributed by atoms with van der Waals surface area (Å²) in [4.78, 5) is 0. The average molecular weight is 337 g/mol. The molecule has 0 N–H and O–H groups in total. The summed E-state index contributed by atoms with van der Waals surface area (Å²) in [5.41, 5.74) is 0. The lowest BCUT2D eigenvalue weighted by Crippen LogP contribution is -2.43. The van der Waals surface area contributed by atoms with Crippen LogP contribution in [0.1, 0.15) is 6.42 Å². The van der Waals surface area contributed by atoms with Gasteiger partial charge < -0.3 is 18.3 Å². The van der Waals surface area contributed by atoms with Crippen molar-refractivity contribution in [2.75, 3.05) is 19.8 Å². The number of hydrogen-bond donors (Lipinski definition) is 0. The van der Waals surface area contributed by atoms with E-state index in [2.05, 4.69) is 39.3 Å². The molecule has 0 radical (unpaired) electrons. The van der Waals surface area contributed by atoms with E-state index in [9.17, 15) is 0 Å². The summed E-state index contributed by atoms with van der Waals surface area (Å²) < 4.78 is 23.1. The molecule has 0 unspecified atom stereocenters. The van der Waals surface area contributed by atoms with E-state index >= 15 is 0 Å². The Hall–Kier alpha value is 0.491. The molecule has 1 fully saturated rings. The molecule has 0 aromatic heterocycles. The Morgan fingerprint density at radius 1 is 1.10 bits per heavy atom. The lowest BCUT2D eigenvalue weighted by molar-refractivity contribution is 0.0599. The Morgan fingerprint density at radius 2 is 1.65 bits per heavy atom. The SMILES string of the molecule is C[Si](C)(C)OC(O[Si](C)(C)C)[SiH2]CCCOC[C@H]1CO1. The van der Waals surface area contributed by atoms with Crippen LogP contribution >= 0.6 is 0 Å². The third-order valence-electron chi connectivity index (χ3n) is 2.65. The van der Waals surface area contributed by atoms with Crippen LogP contribution < -0.4 is 0 Å². The number of hydrogen-bond acceptors (Lipinski definition) is 4. The maximum atomic E-state index is 6.22. The smallest absolute Gasteiger partial charge is 0.186 e. The summed E-state index contributed by atoms with van der Waals surface area (Å²) in [5, 5.41) is 0. The van der Waals surface area contributed by atoms with Gasteiger partial charge in [-0.1, -0.05) is 6.04 Å². The number of ether oxygens (including phenoxy) is 2. The third kappa shape index (κ3) is 11.2. The van der Waals surface area contributed by atoms with Crippen molar-refractivity contribution in [2.45, 2.75) is 63.8 Å². The first kappa shape index (κ1) is 18.5. The molecule has 1 atom stereocenters. The highest BCUT2D eigenvalue weighted by Crippen LogP contribution is 2.15. The van der Waals surface area contributed by atoms with Crippen LogP contribution in [0.2, 0.25) is 45.3 Å². The fraction of sp³-hybridized carbons (Fsp3) is 1.00. The molecule has 1 heterocycles. The second-order valence-corrected chi connectivity index (χ2v) is 18.3.